The van der Waals surface area contributed by atoms with Gasteiger partial charge in [0.2, 0.25) is 0 Å². The van der Waals surface area contributed by atoms with E-state index in [4.69, 9.17) is 9.47 Å². The molecule has 3 saturated carbocycles. The zero-order valence-electron chi connectivity index (χ0n) is 25.3. The summed E-state index contributed by atoms with van der Waals surface area (Å²) in [7, 11) is 0. The molecule has 6 heteroatoms. The lowest BCUT2D eigenvalue weighted by Gasteiger charge is -2.59. The summed E-state index contributed by atoms with van der Waals surface area (Å²) in [6, 6.07) is 13.6. The second-order valence-corrected chi connectivity index (χ2v) is 14.1. The van der Waals surface area contributed by atoms with Crippen LogP contribution in [0.25, 0.3) is 0 Å². The Morgan fingerprint density at radius 1 is 1.16 bits per heavy atom. The number of carbonyl (C=O) groups is 1. The molecule has 1 heterocycles. The third-order valence-electron chi connectivity index (χ3n) is 11.7. The summed E-state index contributed by atoms with van der Waals surface area (Å²) in [5.41, 5.74) is 3.64. The number of aliphatic hydroxyl groups is 2. The first-order valence-corrected chi connectivity index (χ1v) is 15.6. The molecule has 6 nitrogen and oxygen atoms in total. The molecule has 43 heavy (non-hydrogen) atoms. The number of benzene rings is 2. The van der Waals surface area contributed by atoms with Crippen molar-refractivity contribution in [2.45, 2.75) is 77.0 Å². The van der Waals surface area contributed by atoms with Crippen molar-refractivity contribution in [1.82, 2.24) is 0 Å². The zero-order chi connectivity index (χ0) is 30.3. The van der Waals surface area contributed by atoms with Crippen LogP contribution in [0.4, 0.5) is 0 Å². The number of aryl methyl sites for hydroxylation is 1. The molecule has 0 amide bonds. The van der Waals surface area contributed by atoms with E-state index in [1.165, 1.54) is 5.57 Å². The van der Waals surface area contributed by atoms with Crippen LogP contribution in [0.3, 0.4) is 0 Å². The molecule has 226 valence electrons. The predicted octanol–water partition coefficient (Wildman–Crippen LogP) is 5.88. The monoisotopic (exact) mass is 582 g/mol. The Balaban J connectivity index is 1.19. The van der Waals surface area contributed by atoms with Crippen LogP contribution in [0, 0.1) is 35.5 Å². The van der Waals surface area contributed by atoms with Gasteiger partial charge in [-0.1, -0.05) is 86.2 Å². The number of rotatable bonds is 5. The summed E-state index contributed by atoms with van der Waals surface area (Å²) >= 11 is 0. The first-order chi connectivity index (χ1) is 20.5. The van der Waals surface area contributed by atoms with Crippen LogP contribution in [-0.4, -0.2) is 45.5 Å². The van der Waals surface area contributed by atoms with Crippen LogP contribution in [0.1, 0.15) is 68.1 Å². The predicted molar refractivity (Wildman–Crippen MR) is 163 cm³/mol. The molecule has 3 N–H and O–H groups in total. The molecule has 0 spiro atoms. The van der Waals surface area contributed by atoms with Crippen LogP contribution < -0.4 is 0 Å². The summed E-state index contributed by atoms with van der Waals surface area (Å²) in [5, 5.41) is 33.1. The second kappa shape index (κ2) is 10.00. The van der Waals surface area contributed by atoms with Gasteiger partial charge in [0, 0.05) is 28.7 Å². The molecule has 2 aromatic carbocycles. The van der Waals surface area contributed by atoms with Crippen LogP contribution >= 0.6 is 0 Å². The summed E-state index contributed by atoms with van der Waals surface area (Å²) in [4.78, 5) is 13.8. The minimum Gasteiger partial charge on any atom is -0.508 e. The minimum atomic E-state index is -1.38. The fourth-order valence-electron chi connectivity index (χ4n) is 9.83. The number of hydrogen-bond acceptors (Lipinski definition) is 6. The molecule has 4 aliphatic carbocycles. The number of allylic oxidation sites excluding steroid dienone is 5. The molecule has 0 aromatic heterocycles. The number of fused-ring (bicyclic) bond motifs is 7. The van der Waals surface area contributed by atoms with Crippen LogP contribution in [0.2, 0.25) is 0 Å². The largest absolute Gasteiger partial charge is 0.508 e. The van der Waals surface area contributed by atoms with Crippen LogP contribution in [-0.2, 0) is 20.7 Å². The van der Waals surface area contributed by atoms with Gasteiger partial charge in [-0.15, -0.1) is 0 Å². The maximum Gasteiger partial charge on any atom is 0.193 e. The maximum atomic E-state index is 13.8. The molecule has 0 bridgehead atoms. The summed E-state index contributed by atoms with van der Waals surface area (Å²) in [5.74, 6) is 0.0327. The van der Waals surface area contributed by atoms with Gasteiger partial charge in [0.15, 0.2) is 17.7 Å². The minimum absolute atomic E-state index is 0.0173. The standard InChI is InChI=1S/C37H42O6/c1-21-6-5-7-23(14-21)16-24-8-9-25(17-29(24)39)34-42-32-18-28-27-11-10-26-15-22(2)12-13-35(26,3)33(27)30(40)19-36(28,4)37(32,43-34)31(41)20-38/h5-9,12-15,17,27-28,30,32-34,38-40H,2,10-11,16,18-20H2,1,3-4H3/t27-,28-,30-,32+,33+,34+,35-,36-,37+/m0/s1. The van der Waals surface area contributed by atoms with E-state index in [1.807, 2.05) is 37.3 Å². The molecule has 1 aliphatic heterocycles. The van der Waals surface area contributed by atoms with E-state index in [0.717, 1.165) is 35.1 Å². The average Bonchev–Trinajstić information content (AvgIpc) is 3.47. The van der Waals surface area contributed by atoms with Gasteiger partial charge >= 0.3 is 0 Å². The Kier molecular flexibility index (Phi) is 6.68. The molecule has 9 atom stereocenters. The normalized spacial score (nSPS) is 39.5. The highest BCUT2D eigenvalue weighted by Crippen LogP contribution is 2.70. The van der Waals surface area contributed by atoms with Gasteiger partial charge in [0.05, 0.1) is 12.2 Å². The number of ketones is 1. The second-order valence-electron chi connectivity index (χ2n) is 14.1. The molecular formula is C37H42O6. The van der Waals surface area contributed by atoms with Crippen molar-refractivity contribution >= 4 is 5.78 Å². The Morgan fingerprint density at radius 2 is 1.98 bits per heavy atom. The molecule has 4 fully saturated rings. The summed E-state index contributed by atoms with van der Waals surface area (Å²) in [6.07, 6.45) is 7.82. The summed E-state index contributed by atoms with van der Waals surface area (Å²) in [6.45, 7) is 9.81. The molecule has 7 rings (SSSR count). The van der Waals surface area contributed by atoms with Crippen molar-refractivity contribution < 1.29 is 29.6 Å². The van der Waals surface area contributed by atoms with Crippen molar-refractivity contribution in [3.63, 3.8) is 0 Å². The lowest BCUT2D eigenvalue weighted by molar-refractivity contribution is -0.201. The van der Waals surface area contributed by atoms with Crippen molar-refractivity contribution in [3.8, 4) is 5.75 Å². The first-order valence-electron chi connectivity index (χ1n) is 15.6. The lowest BCUT2D eigenvalue weighted by atomic mass is 9.46. The van der Waals surface area contributed by atoms with Gasteiger partial charge in [-0.05, 0) is 67.2 Å². The molecule has 2 aromatic rings. The van der Waals surface area contributed by atoms with Crippen molar-refractivity contribution in [2.75, 3.05) is 6.61 Å². The van der Waals surface area contributed by atoms with Gasteiger partial charge in [0.1, 0.15) is 12.4 Å². The maximum absolute atomic E-state index is 13.8. The number of Topliss-reactive ketones (excluding diaryl/α,β-unsaturated/α-hetero) is 1. The van der Waals surface area contributed by atoms with Crippen molar-refractivity contribution in [3.05, 3.63) is 101 Å². The lowest BCUT2D eigenvalue weighted by Crippen LogP contribution is -2.63. The number of carbonyl (C=O) groups excluding carboxylic acids is 1. The van der Waals surface area contributed by atoms with Gasteiger partial charge in [0.25, 0.3) is 0 Å². The molecule has 1 saturated heterocycles. The third-order valence-corrected chi connectivity index (χ3v) is 11.7. The van der Waals surface area contributed by atoms with E-state index >= 15 is 0 Å². The highest BCUT2D eigenvalue weighted by molar-refractivity contribution is 5.91. The quantitative estimate of drug-likeness (QED) is 0.408. The number of aliphatic hydroxyl groups excluding tert-OH is 2. The van der Waals surface area contributed by atoms with Gasteiger partial charge < -0.3 is 24.8 Å². The van der Waals surface area contributed by atoms with E-state index < -0.39 is 41.9 Å². The zero-order valence-corrected chi connectivity index (χ0v) is 25.3. The Labute approximate surface area is 253 Å². The number of phenolic OH excluding ortho intramolecular Hbond substituents is 1. The fraction of sp³-hybridized carbons (Fsp3) is 0.486. The van der Waals surface area contributed by atoms with Crippen molar-refractivity contribution in [1.29, 1.82) is 0 Å². The van der Waals surface area contributed by atoms with E-state index in [2.05, 4.69) is 44.7 Å². The molecular weight excluding hydrogens is 540 g/mol. The number of aromatic hydroxyl groups is 1. The molecule has 5 aliphatic rings. The highest BCUT2D eigenvalue weighted by Gasteiger charge is 2.75. The third kappa shape index (κ3) is 4.10. The fourth-order valence-corrected chi connectivity index (χ4v) is 9.83. The summed E-state index contributed by atoms with van der Waals surface area (Å²) < 4.78 is 13.3. The SMILES string of the molecule is C=C1C=C[C@@]2(C)C(=C1)CC[C@@H]1[C@@H]2[C@@H](O)C[C@@]2(C)[C@H]1C[C@H]1O[C@@H](c3ccc(Cc4cccc(C)c4)c(O)c3)O[C@]12C(=O)CO. The Morgan fingerprint density at radius 3 is 2.72 bits per heavy atom. The Bertz CT molecular complexity index is 1560. The number of hydrogen-bond donors (Lipinski definition) is 3. The van der Waals surface area contributed by atoms with Gasteiger partial charge in [-0.3, -0.25) is 4.79 Å². The van der Waals surface area contributed by atoms with E-state index in [0.29, 0.717) is 24.8 Å². The van der Waals surface area contributed by atoms with Gasteiger partial charge in [-0.25, -0.2) is 0 Å². The van der Waals surface area contributed by atoms with Crippen molar-refractivity contribution in [2.24, 2.45) is 28.6 Å². The van der Waals surface area contributed by atoms with Crippen LogP contribution in [0.15, 0.2) is 78.4 Å². The Hall–Kier alpha value is -3.03. The number of phenols is 1. The van der Waals surface area contributed by atoms with E-state index in [9.17, 15) is 20.1 Å². The highest BCUT2D eigenvalue weighted by atomic mass is 16.7. The topological polar surface area (TPSA) is 96.2 Å². The van der Waals surface area contributed by atoms with Crippen LogP contribution in [0.5, 0.6) is 5.75 Å². The van der Waals surface area contributed by atoms with E-state index in [-0.39, 0.29) is 28.9 Å². The number of ether oxygens (including phenoxy) is 2. The average molecular weight is 583 g/mol. The van der Waals surface area contributed by atoms with Gasteiger partial charge in [-0.2, -0.15) is 0 Å². The van der Waals surface area contributed by atoms with E-state index in [1.54, 1.807) is 6.07 Å². The molecule has 0 radical (unpaired) electrons. The first kappa shape index (κ1) is 28.7. The smallest absolute Gasteiger partial charge is 0.193 e. The molecule has 0 unspecified atom stereocenters.